The molecule has 2 aliphatic rings. The number of ether oxygens (including phenoxy) is 1. The standard InChI is InChI=1S/C18H23ClF2N2O2/c1-17(2,3)25-16(24)23-10-18(11-23)6-8-22(9-7-18)13-5-4-12(19)14(20)15(13)21/h4-5H,6-11H2,1-3H3. The molecule has 0 aromatic heterocycles. The van der Waals surface area contributed by atoms with E-state index >= 15 is 0 Å². The maximum absolute atomic E-state index is 14.1. The van der Waals surface area contributed by atoms with Crippen LogP contribution in [0.5, 0.6) is 0 Å². The zero-order chi connectivity index (χ0) is 18.4. The number of benzene rings is 1. The van der Waals surface area contributed by atoms with Gasteiger partial charge in [0.2, 0.25) is 0 Å². The third kappa shape index (κ3) is 3.68. The van der Waals surface area contributed by atoms with Gasteiger partial charge >= 0.3 is 6.09 Å². The summed E-state index contributed by atoms with van der Waals surface area (Å²) in [4.78, 5) is 15.6. The lowest BCUT2D eigenvalue weighted by Crippen LogP contribution is -2.62. The van der Waals surface area contributed by atoms with Gasteiger partial charge in [-0.1, -0.05) is 11.6 Å². The third-order valence-corrected chi connectivity index (χ3v) is 5.18. The van der Waals surface area contributed by atoms with Crippen LogP contribution in [0.3, 0.4) is 0 Å². The number of likely N-dealkylation sites (tertiary alicyclic amines) is 1. The van der Waals surface area contributed by atoms with Crippen LogP contribution in [0, 0.1) is 17.0 Å². The molecule has 138 valence electrons. The molecule has 2 aliphatic heterocycles. The highest BCUT2D eigenvalue weighted by atomic mass is 35.5. The van der Waals surface area contributed by atoms with Crippen LogP contribution in [0.2, 0.25) is 5.02 Å². The quantitative estimate of drug-likeness (QED) is 0.682. The number of rotatable bonds is 1. The fraction of sp³-hybridized carbons (Fsp3) is 0.611. The highest BCUT2D eigenvalue weighted by Gasteiger charge is 2.48. The van der Waals surface area contributed by atoms with Gasteiger partial charge in [-0.3, -0.25) is 0 Å². The van der Waals surface area contributed by atoms with Gasteiger partial charge in [-0.25, -0.2) is 13.6 Å². The summed E-state index contributed by atoms with van der Waals surface area (Å²) >= 11 is 5.61. The van der Waals surface area contributed by atoms with E-state index in [-0.39, 0.29) is 22.2 Å². The molecule has 2 fully saturated rings. The van der Waals surface area contributed by atoms with Gasteiger partial charge in [-0.05, 0) is 45.7 Å². The molecule has 0 unspecified atom stereocenters. The van der Waals surface area contributed by atoms with Crippen LogP contribution in [0.15, 0.2) is 12.1 Å². The van der Waals surface area contributed by atoms with Gasteiger partial charge in [0.25, 0.3) is 0 Å². The van der Waals surface area contributed by atoms with Crippen molar-refractivity contribution in [3.63, 3.8) is 0 Å². The number of amides is 1. The Bertz CT molecular complexity index is 674. The Morgan fingerprint density at radius 2 is 1.76 bits per heavy atom. The van der Waals surface area contributed by atoms with Crippen LogP contribution in [-0.4, -0.2) is 42.8 Å². The summed E-state index contributed by atoms with van der Waals surface area (Å²) in [6.45, 7) is 8.11. The number of carbonyl (C=O) groups is 1. The minimum absolute atomic E-state index is 0.0643. The van der Waals surface area contributed by atoms with Crippen LogP contribution in [0.1, 0.15) is 33.6 Å². The second kappa shape index (κ2) is 6.31. The van der Waals surface area contributed by atoms with E-state index in [9.17, 15) is 13.6 Å². The molecule has 3 rings (SSSR count). The summed E-state index contributed by atoms with van der Waals surface area (Å²) < 4.78 is 33.1. The minimum atomic E-state index is -1.00. The van der Waals surface area contributed by atoms with Crippen molar-refractivity contribution in [2.45, 2.75) is 39.2 Å². The molecular formula is C18H23ClF2N2O2. The van der Waals surface area contributed by atoms with E-state index in [1.165, 1.54) is 12.1 Å². The van der Waals surface area contributed by atoms with E-state index in [2.05, 4.69) is 0 Å². The van der Waals surface area contributed by atoms with Crippen LogP contribution in [-0.2, 0) is 4.74 Å². The smallest absolute Gasteiger partial charge is 0.410 e. The molecule has 0 bridgehead atoms. The van der Waals surface area contributed by atoms with Crippen molar-refractivity contribution in [1.29, 1.82) is 0 Å². The topological polar surface area (TPSA) is 32.8 Å². The molecule has 2 saturated heterocycles. The minimum Gasteiger partial charge on any atom is -0.444 e. The molecule has 7 heteroatoms. The number of hydrogen-bond donors (Lipinski definition) is 0. The Morgan fingerprint density at radius 1 is 1.16 bits per heavy atom. The average Bonchev–Trinajstić information content (AvgIpc) is 2.49. The third-order valence-electron chi connectivity index (χ3n) is 4.88. The predicted molar refractivity (Wildman–Crippen MR) is 93.1 cm³/mol. The first-order valence-corrected chi connectivity index (χ1v) is 8.84. The van der Waals surface area contributed by atoms with Gasteiger partial charge in [0.05, 0.1) is 10.7 Å². The number of hydrogen-bond acceptors (Lipinski definition) is 3. The lowest BCUT2D eigenvalue weighted by Gasteiger charge is -2.54. The maximum atomic E-state index is 14.1. The molecule has 0 atom stereocenters. The van der Waals surface area contributed by atoms with Crippen molar-refractivity contribution < 1.29 is 18.3 Å². The van der Waals surface area contributed by atoms with Crippen LogP contribution in [0.25, 0.3) is 0 Å². The average molecular weight is 373 g/mol. The van der Waals surface area contributed by atoms with Crippen molar-refractivity contribution in [3.8, 4) is 0 Å². The predicted octanol–water partition coefficient (Wildman–Crippen LogP) is 4.46. The number of nitrogens with zero attached hydrogens (tertiary/aromatic N) is 2. The van der Waals surface area contributed by atoms with E-state index < -0.39 is 17.2 Å². The summed E-state index contributed by atoms with van der Waals surface area (Å²) in [6, 6.07) is 2.90. The van der Waals surface area contributed by atoms with E-state index in [4.69, 9.17) is 16.3 Å². The van der Waals surface area contributed by atoms with Gasteiger partial charge in [0.1, 0.15) is 5.60 Å². The molecule has 1 aromatic rings. The lowest BCUT2D eigenvalue weighted by atomic mass is 9.72. The van der Waals surface area contributed by atoms with Crippen LogP contribution in [0.4, 0.5) is 19.3 Å². The van der Waals surface area contributed by atoms with Gasteiger partial charge < -0.3 is 14.5 Å². The zero-order valence-corrected chi connectivity index (χ0v) is 15.5. The Morgan fingerprint density at radius 3 is 2.32 bits per heavy atom. The molecule has 0 N–H and O–H groups in total. The molecule has 25 heavy (non-hydrogen) atoms. The van der Waals surface area contributed by atoms with Crippen molar-refractivity contribution in [1.82, 2.24) is 4.90 Å². The van der Waals surface area contributed by atoms with Crippen molar-refractivity contribution in [3.05, 3.63) is 28.8 Å². The number of anilines is 1. The zero-order valence-electron chi connectivity index (χ0n) is 14.7. The van der Waals surface area contributed by atoms with E-state index in [1.807, 2.05) is 25.7 Å². The summed E-state index contributed by atoms with van der Waals surface area (Å²) in [7, 11) is 0. The number of piperidine rings is 1. The van der Waals surface area contributed by atoms with E-state index in [0.717, 1.165) is 12.8 Å². The SMILES string of the molecule is CC(C)(C)OC(=O)N1CC2(CCN(c3ccc(Cl)c(F)c3F)CC2)C1. The maximum Gasteiger partial charge on any atom is 0.410 e. The first kappa shape index (κ1) is 18.2. The first-order valence-electron chi connectivity index (χ1n) is 8.47. The Labute approximate surface area is 151 Å². The normalized spacial score (nSPS) is 19.8. The summed E-state index contributed by atoms with van der Waals surface area (Å²) in [5, 5.41) is -0.207. The van der Waals surface area contributed by atoms with Crippen molar-refractivity contribution in [2.75, 3.05) is 31.1 Å². The van der Waals surface area contributed by atoms with Gasteiger partial charge in [0.15, 0.2) is 11.6 Å². The van der Waals surface area contributed by atoms with Crippen LogP contribution >= 0.6 is 11.6 Å². The Hall–Kier alpha value is -1.56. The molecule has 1 amide bonds. The second-order valence-electron chi connectivity index (χ2n) is 8.02. The molecule has 2 heterocycles. The summed E-state index contributed by atoms with van der Waals surface area (Å²) in [5.74, 6) is -1.90. The molecule has 0 aliphatic carbocycles. The van der Waals surface area contributed by atoms with Crippen molar-refractivity contribution >= 4 is 23.4 Å². The van der Waals surface area contributed by atoms with Gasteiger partial charge in [-0.15, -0.1) is 0 Å². The molecule has 0 saturated carbocycles. The molecule has 1 aromatic carbocycles. The van der Waals surface area contributed by atoms with Crippen molar-refractivity contribution in [2.24, 2.45) is 5.41 Å². The largest absolute Gasteiger partial charge is 0.444 e. The Balaban J connectivity index is 1.57. The lowest BCUT2D eigenvalue weighted by molar-refractivity contribution is -0.0434. The fourth-order valence-electron chi connectivity index (χ4n) is 3.52. The molecule has 4 nitrogen and oxygen atoms in total. The van der Waals surface area contributed by atoms with Gasteiger partial charge in [0, 0.05) is 31.6 Å². The monoisotopic (exact) mass is 372 g/mol. The highest BCUT2D eigenvalue weighted by Crippen LogP contribution is 2.42. The number of halogens is 3. The summed E-state index contributed by atoms with van der Waals surface area (Å²) in [5.41, 5.74) is -0.186. The molecule has 0 radical (unpaired) electrons. The molecule has 1 spiro atoms. The fourth-order valence-corrected chi connectivity index (χ4v) is 3.66. The van der Waals surface area contributed by atoms with E-state index in [0.29, 0.717) is 26.2 Å². The van der Waals surface area contributed by atoms with Gasteiger partial charge in [-0.2, -0.15) is 0 Å². The highest BCUT2D eigenvalue weighted by molar-refractivity contribution is 6.30. The Kier molecular flexibility index (Phi) is 4.60. The van der Waals surface area contributed by atoms with E-state index in [1.54, 1.807) is 4.90 Å². The van der Waals surface area contributed by atoms with Crippen LogP contribution < -0.4 is 4.90 Å². The second-order valence-corrected chi connectivity index (χ2v) is 8.43. The first-order chi connectivity index (χ1) is 11.6. The molecular weight excluding hydrogens is 350 g/mol. The summed E-state index contributed by atoms with van der Waals surface area (Å²) in [6.07, 6.45) is 1.37. The number of carbonyl (C=O) groups excluding carboxylic acids is 1.